The number of nitriles is 1. The summed E-state index contributed by atoms with van der Waals surface area (Å²) in [6, 6.07) is 6.45. The molecular formula is C17H24N2OS. The largest absolute Gasteiger partial charge is 0.354 e. The lowest BCUT2D eigenvalue weighted by atomic mass is 9.80. The Morgan fingerprint density at radius 1 is 1.38 bits per heavy atom. The van der Waals surface area contributed by atoms with Gasteiger partial charge in [0, 0.05) is 16.8 Å². The van der Waals surface area contributed by atoms with Crippen LogP contribution in [-0.4, -0.2) is 12.5 Å². The number of nitrogens with one attached hydrogen (secondary N) is 1. The molecule has 0 radical (unpaired) electrons. The Hall–Kier alpha value is -1.34. The average Bonchev–Trinajstić information content (AvgIpc) is 2.91. The molecule has 1 amide bonds. The molecule has 0 unspecified atom stereocenters. The summed E-state index contributed by atoms with van der Waals surface area (Å²) in [4.78, 5) is 13.8. The molecule has 1 fully saturated rings. The van der Waals surface area contributed by atoms with Crippen LogP contribution in [0.25, 0.3) is 0 Å². The summed E-state index contributed by atoms with van der Waals surface area (Å²) >= 11 is 1.71. The number of amides is 1. The second-order valence-corrected chi connectivity index (χ2v) is 7.60. The van der Waals surface area contributed by atoms with Crippen molar-refractivity contribution in [2.75, 3.05) is 6.54 Å². The van der Waals surface area contributed by atoms with Gasteiger partial charge in [0.15, 0.2) is 0 Å². The normalized spacial score (nSPS) is 18.5. The van der Waals surface area contributed by atoms with Crippen molar-refractivity contribution in [3.8, 4) is 6.07 Å². The van der Waals surface area contributed by atoms with Gasteiger partial charge in [-0.1, -0.05) is 45.6 Å². The quantitative estimate of drug-likeness (QED) is 0.855. The molecule has 114 valence electrons. The molecule has 0 spiro atoms. The SMILES string of the molecule is CC(C)(CNC(=O)C1(C#N)CCCCCC1)c1cccs1. The highest BCUT2D eigenvalue weighted by atomic mass is 32.1. The van der Waals surface area contributed by atoms with E-state index in [1.165, 1.54) is 4.88 Å². The van der Waals surface area contributed by atoms with Gasteiger partial charge in [-0.05, 0) is 24.3 Å². The van der Waals surface area contributed by atoms with Crippen LogP contribution < -0.4 is 5.32 Å². The second-order valence-electron chi connectivity index (χ2n) is 6.65. The van der Waals surface area contributed by atoms with Crippen LogP contribution in [-0.2, 0) is 10.2 Å². The highest BCUT2D eigenvalue weighted by molar-refractivity contribution is 7.10. The number of thiophene rings is 1. The lowest BCUT2D eigenvalue weighted by molar-refractivity contribution is -0.129. The van der Waals surface area contributed by atoms with Crippen molar-refractivity contribution < 1.29 is 4.79 Å². The third kappa shape index (κ3) is 3.65. The summed E-state index contributed by atoms with van der Waals surface area (Å²) in [6.07, 6.45) is 5.64. The van der Waals surface area contributed by atoms with Crippen molar-refractivity contribution in [2.24, 2.45) is 5.41 Å². The van der Waals surface area contributed by atoms with E-state index in [-0.39, 0.29) is 11.3 Å². The van der Waals surface area contributed by atoms with E-state index < -0.39 is 5.41 Å². The van der Waals surface area contributed by atoms with E-state index in [1.807, 2.05) is 6.07 Å². The van der Waals surface area contributed by atoms with Crippen molar-refractivity contribution in [3.63, 3.8) is 0 Å². The van der Waals surface area contributed by atoms with E-state index in [9.17, 15) is 10.1 Å². The Bertz CT molecular complexity index is 505. The van der Waals surface area contributed by atoms with E-state index in [0.29, 0.717) is 19.4 Å². The van der Waals surface area contributed by atoms with Crippen LogP contribution in [0, 0.1) is 16.7 Å². The van der Waals surface area contributed by atoms with E-state index in [4.69, 9.17) is 0 Å². The first-order valence-electron chi connectivity index (χ1n) is 7.74. The van der Waals surface area contributed by atoms with E-state index in [0.717, 1.165) is 25.7 Å². The van der Waals surface area contributed by atoms with Gasteiger partial charge in [-0.25, -0.2) is 0 Å². The molecule has 3 nitrogen and oxygen atoms in total. The van der Waals surface area contributed by atoms with Crippen molar-refractivity contribution in [2.45, 2.75) is 57.8 Å². The summed E-state index contributed by atoms with van der Waals surface area (Å²) in [5.74, 6) is -0.0727. The molecule has 1 aliphatic carbocycles. The van der Waals surface area contributed by atoms with Gasteiger partial charge in [-0.3, -0.25) is 4.79 Å². The molecule has 21 heavy (non-hydrogen) atoms. The number of rotatable bonds is 4. The standard InChI is InChI=1S/C17H24N2OS/c1-16(2,14-8-7-11-21-14)13-19-15(20)17(12-18)9-5-3-4-6-10-17/h7-8,11H,3-6,9-10,13H2,1-2H3,(H,19,20). The highest BCUT2D eigenvalue weighted by Crippen LogP contribution is 2.35. The summed E-state index contributed by atoms with van der Waals surface area (Å²) in [5.41, 5.74) is -0.896. The van der Waals surface area contributed by atoms with E-state index >= 15 is 0 Å². The molecule has 1 saturated carbocycles. The van der Waals surface area contributed by atoms with Crippen molar-refractivity contribution in [3.05, 3.63) is 22.4 Å². The van der Waals surface area contributed by atoms with Gasteiger partial charge >= 0.3 is 0 Å². The first-order valence-corrected chi connectivity index (χ1v) is 8.62. The topological polar surface area (TPSA) is 52.9 Å². The molecule has 1 heterocycles. The third-order valence-corrected chi connectivity index (χ3v) is 5.72. The third-order valence-electron chi connectivity index (χ3n) is 4.48. The minimum absolute atomic E-state index is 0.0727. The first-order chi connectivity index (χ1) is 10.0. The van der Waals surface area contributed by atoms with E-state index in [1.54, 1.807) is 11.3 Å². The van der Waals surface area contributed by atoms with Crippen LogP contribution in [0.4, 0.5) is 0 Å². The minimum Gasteiger partial charge on any atom is -0.354 e. The van der Waals surface area contributed by atoms with Gasteiger partial charge in [0.05, 0.1) is 6.07 Å². The van der Waals surface area contributed by atoms with Gasteiger partial charge in [0.1, 0.15) is 5.41 Å². The van der Waals surface area contributed by atoms with Crippen molar-refractivity contribution in [1.29, 1.82) is 5.26 Å². The molecule has 0 aliphatic heterocycles. The molecule has 2 rings (SSSR count). The van der Waals surface area contributed by atoms with Crippen LogP contribution in [0.15, 0.2) is 17.5 Å². The maximum absolute atomic E-state index is 12.6. The maximum Gasteiger partial charge on any atom is 0.240 e. The molecule has 1 N–H and O–H groups in total. The lowest BCUT2D eigenvalue weighted by Crippen LogP contribution is -2.44. The molecule has 4 heteroatoms. The predicted octanol–water partition coefficient (Wildman–Crippen LogP) is 4.01. The predicted molar refractivity (Wildman–Crippen MR) is 86.1 cm³/mol. The van der Waals surface area contributed by atoms with Crippen LogP contribution in [0.1, 0.15) is 57.2 Å². The van der Waals surface area contributed by atoms with Crippen LogP contribution in [0.3, 0.4) is 0 Å². The number of nitrogens with zero attached hydrogens (tertiary/aromatic N) is 1. The van der Waals surface area contributed by atoms with Crippen LogP contribution >= 0.6 is 11.3 Å². The van der Waals surface area contributed by atoms with Gasteiger partial charge in [0.25, 0.3) is 0 Å². The van der Waals surface area contributed by atoms with Gasteiger partial charge in [-0.15, -0.1) is 11.3 Å². The Kier molecular flexibility index (Phi) is 5.05. The van der Waals surface area contributed by atoms with Crippen LogP contribution in [0.5, 0.6) is 0 Å². The van der Waals surface area contributed by atoms with Crippen molar-refractivity contribution in [1.82, 2.24) is 5.32 Å². The number of hydrogen-bond donors (Lipinski definition) is 1. The molecule has 0 bridgehead atoms. The van der Waals surface area contributed by atoms with Crippen molar-refractivity contribution >= 4 is 17.2 Å². The fraction of sp³-hybridized carbons (Fsp3) is 0.647. The zero-order valence-corrected chi connectivity index (χ0v) is 13.8. The zero-order valence-electron chi connectivity index (χ0n) is 12.9. The summed E-state index contributed by atoms with van der Waals surface area (Å²) in [7, 11) is 0. The maximum atomic E-state index is 12.6. The Morgan fingerprint density at radius 3 is 2.57 bits per heavy atom. The van der Waals surface area contributed by atoms with Gasteiger partial charge in [-0.2, -0.15) is 5.26 Å². The Balaban J connectivity index is 2.01. The molecule has 1 aliphatic rings. The summed E-state index contributed by atoms with van der Waals surface area (Å²) in [6.45, 7) is 4.84. The number of carbonyl (C=O) groups excluding carboxylic acids is 1. The second kappa shape index (κ2) is 6.62. The van der Waals surface area contributed by atoms with Gasteiger partial charge in [0.2, 0.25) is 5.91 Å². The summed E-state index contributed by atoms with van der Waals surface area (Å²) < 4.78 is 0. The fourth-order valence-corrected chi connectivity index (χ4v) is 3.80. The number of hydrogen-bond acceptors (Lipinski definition) is 3. The first kappa shape index (κ1) is 16.0. The fourth-order valence-electron chi connectivity index (χ4n) is 2.94. The Labute approximate surface area is 131 Å². The Morgan fingerprint density at radius 2 is 2.05 bits per heavy atom. The summed E-state index contributed by atoms with van der Waals surface area (Å²) in [5, 5.41) is 14.6. The lowest BCUT2D eigenvalue weighted by Gasteiger charge is -2.28. The monoisotopic (exact) mass is 304 g/mol. The number of carbonyl (C=O) groups is 1. The molecular weight excluding hydrogens is 280 g/mol. The molecule has 1 aromatic heterocycles. The smallest absolute Gasteiger partial charge is 0.240 e. The van der Waals surface area contributed by atoms with Crippen LogP contribution in [0.2, 0.25) is 0 Å². The zero-order chi connectivity index (χ0) is 15.3. The highest BCUT2D eigenvalue weighted by Gasteiger charge is 2.39. The molecule has 0 atom stereocenters. The molecule has 0 aromatic carbocycles. The van der Waals surface area contributed by atoms with E-state index in [2.05, 4.69) is 36.7 Å². The molecule has 0 saturated heterocycles. The van der Waals surface area contributed by atoms with Gasteiger partial charge < -0.3 is 5.32 Å². The minimum atomic E-state index is -0.804. The average molecular weight is 304 g/mol. The molecule has 1 aromatic rings.